The lowest BCUT2D eigenvalue weighted by molar-refractivity contribution is 0.186. The Morgan fingerprint density at radius 2 is 1.56 bits per heavy atom. The summed E-state index contributed by atoms with van der Waals surface area (Å²) < 4.78 is 0. The van der Waals surface area contributed by atoms with Crippen LogP contribution < -0.4 is 5.32 Å². The van der Waals surface area contributed by atoms with E-state index in [1.807, 2.05) is 0 Å². The minimum Gasteiger partial charge on any atom is -0.311 e. The molecule has 1 N–H and O–H groups in total. The van der Waals surface area contributed by atoms with Crippen LogP contribution in [-0.4, -0.2) is 12.1 Å². The molecule has 1 nitrogen and oxygen atoms in total. The molecule has 0 radical (unpaired) electrons. The quantitative estimate of drug-likeness (QED) is 0.732. The van der Waals surface area contributed by atoms with Crippen LogP contribution >= 0.6 is 0 Å². The van der Waals surface area contributed by atoms with Gasteiger partial charge >= 0.3 is 0 Å². The molecule has 2 rings (SSSR count). The first-order valence-corrected chi connectivity index (χ1v) is 8.61. The van der Waals surface area contributed by atoms with Crippen LogP contribution in [0.3, 0.4) is 0 Å². The van der Waals surface area contributed by atoms with Gasteiger partial charge in [-0.1, -0.05) is 52.4 Å². The van der Waals surface area contributed by atoms with Crippen molar-refractivity contribution in [2.24, 2.45) is 11.8 Å². The third-order valence-electron chi connectivity index (χ3n) is 5.52. The molecule has 0 aromatic heterocycles. The average molecular weight is 251 g/mol. The highest BCUT2D eigenvalue weighted by molar-refractivity contribution is 4.86. The number of hydrogen-bond acceptors (Lipinski definition) is 1. The van der Waals surface area contributed by atoms with Crippen molar-refractivity contribution in [2.45, 2.75) is 96.6 Å². The van der Waals surface area contributed by atoms with Crippen LogP contribution in [0.5, 0.6) is 0 Å². The van der Waals surface area contributed by atoms with Gasteiger partial charge in [-0.2, -0.15) is 0 Å². The molecule has 3 atom stereocenters. The first kappa shape index (κ1) is 14.4. The molecule has 0 amide bonds. The first-order valence-electron chi connectivity index (χ1n) is 8.61. The van der Waals surface area contributed by atoms with E-state index in [4.69, 9.17) is 0 Å². The minimum absolute atomic E-state index is 0.808. The maximum absolute atomic E-state index is 4.08. The van der Waals surface area contributed by atoms with Crippen LogP contribution in [0.2, 0.25) is 0 Å². The van der Waals surface area contributed by atoms with Crippen molar-refractivity contribution in [1.82, 2.24) is 5.32 Å². The summed E-state index contributed by atoms with van der Waals surface area (Å²) in [6.07, 6.45) is 15.9. The smallest absolute Gasteiger partial charge is 0.00979 e. The van der Waals surface area contributed by atoms with Gasteiger partial charge in [0, 0.05) is 12.1 Å². The summed E-state index contributed by atoms with van der Waals surface area (Å²) in [5.74, 6) is 1.93. The Morgan fingerprint density at radius 3 is 2.22 bits per heavy atom. The zero-order chi connectivity index (χ0) is 12.8. The van der Waals surface area contributed by atoms with Crippen molar-refractivity contribution in [2.75, 3.05) is 0 Å². The van der Waals surface area contributed by atoms with Crippen molar-refractivity contribution < 1.29 is 0 Å². The van der Waals surface area contributed by atoms with Gasteiger partial charge in [0.15, 0.2) is 0 Å². The molecule has 106 valence electrons. The molecule has 0 saturated heterocycles. The molecule has 1 heteroatoms. The van der Waals surface area contributed by atoms with Crippen LogP contribution in [0.4, 0.5) is 0 Å². The molecule has 0 aromatic rings. The summed E-state index contributed by atoms with van der Waals surface area (Å²) in [6.45, 7) is 4.77. The largest absolute Gasteiger partial charge is 0.311 e. The Balaban J connectivity index is 1.87. The predicted octanol–water partition coefficient (Wildman–Crippen LogP) is 4.90. The second kappa shape index (κ2) is 7.53. The van der Waals surface area contributed by atoms with Crippen molar-refractivity contribution in [3.63, 3.8) is 0 Å². The summed E-state index contributed by atoms with van der Waals surface area (Å²) in [5.41, 5.74) is 0. The molecular weight excluding hydrogens is 218 g/mol. The number of rotatable bonds is 5. The van der Waals surface area contributed by atoms with E-state index in [2.05, 4.69) is 19.2 Å². The molecule has 2 aliphatic carbocycles. The lowest BCUT2D eigenvalue weighted by Crippen LogP contribution is -2.47. The van der Waals surface area contributed by atoms with Gasteiger partial charge in [0.1, 0.15) is 0 Å². The monoisotopic (exact) mass is 251 g/mol. The Hall–Kier alpha value is -0.0400. The van der Waals surface area contributed by atoms with Crippen LogP contribution in [-0.2, 0) is 0 Å². The topological polar surface area (TPSA) is 12.0 Å². The van der Waals surface area contributed by atoms with Gasteiger partial charge in [-0.15, -0.1) is 0 Å². The number of hydrogen-bond donors (Lipinski definition) is 1. The summed E-state index contributed by atoms with van der Waals surface area (Å²) in [6, 6.07) is 1.64. The van der Waals surface area contributed by atoms with Gasteiger partial charge in [-0.3, -0.25) is 0 Å². The van der Waals surface area contributed by atoms with Crippen molar-refractivity contribution in [3.05, 3.63) is 0 Å². The molecule has 0 aliphatic heterocycles. The molecule has 2 aliphatic rings. The van der Waals surface area contributed by atoms with E-state index in [0.29, 0.717) is 0 Å². The second-order valence-electron chi connectivity index (χ2n) is 6.64. The summed E-state index contributed by atoms with van der Waals surface area (Å²) >= 11 is 0. The highest BCUT2D eigenvalue weighted by atomic mass is 15.0. The Bertz CT molecular complexity index is 220. The second-order valence-corrected chi connectivity index (χ2v) is 6.64. The van der Waals surface area contributed by atoms with Gasteiger partial charge in [-0.05, 0) is 43.9 Å². The molecule has 0 bridgehead atoms. The zero-order valence-corrected chi connectivity index (χ0v) is 12.6. The third kappa shape index (κ3) is 3.73. The van der Waals surface area contributed by atoms with E-state index in [1.54, 1.807) is 0 Å². The summed E-state index contributed by atoms with van der Waals surface area (Å²) in [5, 5.41) is 4.08. The van der Waals surface area contributed by atoms with Crippen LogP contribution in [0, 0.1) is 11.8 Å². The molecule has 3 unspecified atom stereocenters. The highest BCUT2D eigenvalue weighted by Crippen LogP contribution is 2.31. The Labute approximate surface area is 114 Å². The molecule has 0 heterocycles. The van der Waals surface area contributed by atoms with Crippen molar-refractivity contribution in [3.8, 4) is 0 Å². The molecule has 2 saturated carbocycles. The van der Waals surface area contributed by atoms with E-state index in [1.165, 1.54) is 70.6 Å². The maximum Gasteiger partial charge on any atom is 0.00979 e. The first-order chi connectivity index (χ1) is 8.85. The minimum atomic E-state index is 0.808. The van der Waals surface area contributed by atoms with Gasteiger partial charge in [0.05, 0.1) is 0 Å². The molecular formula is C17H33N. The molecule has 2 fully saturated rings. The fourth-order valence-corrected chi connectivity index (χ4v) is 4.31. The average Bonchev–Trinajstić information content (AvgIpc) is 2.46. The SMILES string of the molecule is CCC1CCCCC1NC(CC)C1CCCCC1. The fourth-order valence-electron chi connectivity index (χ4n) is 4.31. The van der Waals surface area contributed by atoms with E-state index in [0.717, 1.165) is 23.9 Å². The highest BCUT2D eigenvalue weighted by Gasteiger charge is 2.29. The van der Waals surface area contributed by atoms with Crippen LogP contribution in [0.25, 0.3) is 0 Å². The predicted molar refractivity (Wildman–Crippen MR) is 79.8 cm³/mol. The van der Waals surface area contributed by atoms with Gasteiger partial charge in [0.25, 0.3) is 0 Å². The van der Waals surface area contributed by atoms with Crippen molar-refractivity contribution in [1.29, 1.82) is 0 Å². The molecule has 0 spiro atoms. The van der Waals surface area contributed by atoms with Gasteiger partial charge in [-0.25, -0.2) is 0 Å². The number of nitrogens with one attached hydrogen (secondary N) is 1. The normalized spacial score (nSPS) is 32.3. The lowest BCUT2D eigenvalue weighted by Gasteiger charge is -2.38. The fraction of sp³-hybridized carbons (Fsp3) is 1.00. The molecule has 0 aromatic carbocycles. The van der Waals surface area contributed by atoms with Crippen LogP contribution in [0.15, 0.2) is 0 Å². The van der Waals surface area contributed by atoms with E-state index in [-0.39, 0.29) is 0 Å². The Kier molecular flexibility index (Phi) is 6.01. The maximum atomic E-state index is 4.08. The van der Waals surface area contributed by atoms with E-state index in [9.17, 15) is 0 Å². The van der Waals surface area contributed by atoms with Crippen molar-refractivity contribution >= 4 is 0 Å². The Morgan fingerprint density at radius 1 is 0.889 bits per heavy atom. The van der Waals surface area contributed by atoms with Gasteiger partial charge < -0.3 is 5.32 Å². The molecule has 18 heavy (non-hydrogen) atoms. The lowest BCUT2D eigenvalue weighted by atomic mass is 9.79. The van der Waals surface area contributed by atoms with Gasteiger partial charge in [0.2, 0.25) is 0 Å². The van der Waals surface area contributed by atoms with Crippen LogP contribution in [0.1, 0.15) is 84.5 Å². The van der Waals surface area contributed by atoms with E-state index >= 15 is 0 Å². The van der Waals surface area contributed by atoms with E-state index < -0.39 is 0 Å². The third-order valence-corrected chi connectivity index (χ3v) is 5.52. The zero-order valence-electron chi connectivity index (χ0n) is 12.6. The standard InChI is InChI=1S/C17H33N/c1-3-14-10-8-9-13-17(14)18-16(4-2)15-11-6-5-7-12-15/h14-18H,3-13H2,1-2H3. The summed E-state index contributed by atoms with van der Waals surface area (Å²) in [7, 11) is 0. The summed E-state index contributed by atoms with van der Waals surface area (Å²) in [4.78, 5) is 0.